The molecule has 8 nitrogen and oxygen atoms in total. The van der Waals surface area contributed by atoms with Gasteiger partial charge in [0.1, 0.15) is 23.1 Å². The van der Waals surface area contributed by atoms with E-state index in [1.807, 2.05) is 55.5 Å². The third-order valence-electron chi connectivity index (χ3n) is 4.51. The Morgan fingerprint density at radius 1 is 0.967 bits per heavy atom. The highest BCUT2D eigenvalue weighted by Gasteiger charge is 2.22. The summed E-state index contributed by atoms with van der Waals surface area (Å²) >= 11 is 0. The van der Waals surface area contributed by atoms with Crippen molar-refractivity contribution in [2.45, 2.75) is 6.92 Å². The predicted molar refractivity (Wildman–Crippen MR) is 111 cm³/mol. The van der Waals surface area contributed by atoms with Crippen LogP contribution >= 0.6 is 0 Å². The fourth-order valence-electron chi connectivity index (χ4n) is 3.18. The van der Waals surface area contributed by atoms with Gasteiger partial charge in [-0.15, -0.1) is 0 Å². The number of hydrogen-bond donors (Lipinski definition) is 0. The second-order valence-electron chi connectivity index (χ2n) is 6.24. The normalized spacial score (nSPS) is 10.6. The SMILES string of the molecule is CCOc1ccc(-c2nc(C#N)c3nc(OC)n(-c4ccccc4OC)c3n2)cc1. The largest absolute Gasteiger partial charge is 0.495 e. The van der Waals surface area contributed by atoms with E-state index in [0.717, 1.165) is 11.3 Å². The molecule has 0 N–H and O–H groups in total. The number of hydrogen-bond acceptors (Lipinski definition) is 7. The Kier molecular flexibility index (Phi) is 5.18. The topological polar surface area (TPSA) is 95.1 Å². The number of aromatic nitrogens is 4. The molecular formula is C22H19N5O3. The van der Waals surface area contributed by atoms with Crippen LogP contribution in [-0.4, -0.2) is 40.3 Å². The molecule has 0 aliphatic rings. The van der Waals surface area contributed by atoms with Crippen LogP contribution in [0.2, 0.25) is 0 Å². The molecule has 0 unspecified atom stereocenters. The summed E-state index contributed by atoms with van der Waals surface area (Å²) in [6.45, 7) is 2.51. The van der Waals surface area contributed by atoms with E-state index in [2.05, 4.69) is 16.0 Å². The molecule has 0 spiro atoms. The van der Waals surface area contributed by atoms with E-state index in [-0.39, 0.29) is 11.7 Å². The quantitative estimate of drug-likeness (QED) is 0.485. The lowest BCUT2D eigenvalue weighted by Crippen LogP contribution is -2.03. The Bertz CT molecular complexity index is 1240. The molecule has 0 bridgehead atoms. The molecule has 8 heteroatoms. The number of imidazole rings is 1. The number of ether oxygens (including phenoxy) is 3. The Morgan fingerprint density at radius 3 is 2.40 bits per heavy atom. The monoisotopic (exact) mass is 401 g/mol. The van der Waals surface area contributed by atoms with Gasteiger partial charge in [-0.25, -0.2) is 14.5 Å². The zero-order valence-corrected chi connectivity index (χ0v) is 16.8. The first-order valence-electron chi connectivity index (χ1n) is 9.31. The van der Waals surface area contributed by atoms with E-state index in [9.17, 15) is 5.26 Å². The van der Waals surface area contributed by atoms with E-state index in [0.29, 0.717) is 35.0 Å². The summed E-state index contributed by atoms with van der Waals surface area (Å²) in [5, 5.41) is 9.69. The number of benzene rings is 2. The van der Waals surface area contributed by atoms with Crippen LogP contribution in [0.4, 0.5) is 0 Å². The minimum absolute atomic E-state index is 0.163. The van der Waals surface area contributed by atoms with Crippen LogP contribution in [0, 0.1) is 11.3 Å². The van der Waals surface area contributed by atoms with Gasteiger partial charge >= 0.3 is 6.01 Å². The molecule has 0 saturated carbocycles. The van der Waals surface area contributed by atoms with Gasteiger partial charge in [-0.3, -0.25) is 0 Å². The average Bonchev–Trinajstić information content (AvgIpc) is 3.17. The third kappa shape index (κ3) is 3.26. The van der Waals surface area contributed by atoms with Crippen molar-refractivity contribution in [3.05, 3.63) is 54.2 Å². The lowest BCUT2D eigenvalue weighted by atomic mass is 10.2. The summed E-state index contributed by atoms with van der Waals surface area (Å²) in [5.41, 5.74) is 2.42. The zero-order chi connectivity index (χ0) is 21.1. The maximum absolute atomic E-state index is 9.69. The first kappa shape index (κ1) is 19.2. The van der Waals surface area contributed by atoms with Crippen molar-refractivity contribution in [2.24, 2.45) is 0 Å². The van der Waals surface area contributed by atoms with Crippen molar-refractivity contribution in [3.63, 3.8) is 0 Å². The number of fused-ring (bicyclic) bond motifs is 1. The Labute approximate surface area is 173 Å². The van der Waals surface area contributed by atoms with Crippen LogP contribution in [0.15, 0.2) is 48.5 Å². The van der Waals surface area contributed by atoms with Crippen molar-refractivity contribution >= 4 is 11.2 Å². The minimum Gasteiger partial charge on any atom is -0.495 e. The van der Waals surface area contributed by atoms with E-state index in [1.54, 1.807) is 11.7 Å². The average molecular weight is 401 g/mol. The van der Waals surface area contributed by atoms with Crippen molar-refractivity contribution in [1.82, 2.24) is 19.5 Å². The Morgan fingerprint density at radius 2 is 1.73 bits per heavy atom. The van der Waals surface area contributed by atoms with Gasteiger partial charge in [0.05, 0.1) is 26.5 Å². The highest BCUT2D eigenvalue weighted by molar-refractivity contribution is 5.82. The Hall–Kier alpha value is -4.12. The highest BCUT2D eigenvalue weighted by atomic mass is 16.5. The molecule has 2 heterocycles. The smallest absolute Gasteiger partial charge is 0.303 e. The zero-order valence-electron chi connectivity index (χ0n) is 16.8. The van der Waals surface area contributed by atoms with Crippen molar-refractivity contribution < 1.29 is 14.2 Å². The summed E-state index contributed by atoms with van der Waals surface area (Å²) in [6, 6.07) is 17.2. The van der Waals surface area contributed by atoms with Crippen molar-refractivity contribution in [1.29, 1.82) is 5.26 Å². The molecule has 0 fully saturated rings. The molecule has 0 amide bonds. The second-order valence-corrected chi connectivity index (χ2v) is 6.24. The molecule has 0 saturated heterocycles. The van der Waals surface area contributed by atoms with E-state index in [4.69, 9.17) is 19.2 Å². The van der Waals surface area contributed by atoms with E-state index < -0.39 is 0 Å². The fraction of sp³-hybridized carbons (Fsp3) is 0.182. The van der Waals surface area contributed by atoms with Gasteiger partial charge in [0, 0.05) is 5.56 Å². The van der Waals surface area contributed by atoms with Crippen LogP contribution in [0.3, 0.4) is 0 Å². The number of nitriles is 1. The van der Waals surface area contributed by atoms with Crippen molar-refractivity contribution in [2.75, 3.05) is 20.8 Å². The van der Waals surface area contributed by atoms with Gasteiger partial charge in [0.15, 0.2) is 17.2 Å². The molecule has 0 aliphatic heterocycles. The van der Waals surface area contributed by atoms with Crippen LogP contribution in [0.5, 0.6) is 17.5 Å². The molecule has 0 atom stereocenters. The van der Waals surface area contributed by atoms with Gasteiger partial charge in [-0.1, -0.05) is 12.1 Å². The van der Waals surface area contributed by atoms with Gasteiger partial charge < -0.3 is 14.2 Å². The molecule has 30 heavy (non-hydrogen) atoms. The maximum Gasteiger partial charge on any atom is 0.303 e. The van der Waals surface area contributed by atoms with Crippen LogP contribution < -0.4 is 14.2 Å². The second kappa shape index (κ2) is 8.09. The first-order chi connectivity index (χ1) is 14.7. The highest BCUT2D eigenvalue weighted by Crippen LogP contribution is 2.32. The number of methoxy groups -OCH3 is 2. The molecule has 4 rings (SSSR count). The molecule has 4 aromatic rings. The van der Waals surface area contributed by atoms with Crippen LogP contribution in [0.1, 0.15) is 12.6 Å². The van der Waals surface area contributed by atoms with Crippen LogP contribution in [0.25, 0.3) is 28.2 Å². The maximum atomic E-state index is 9.69. The third-order valence-corrected chi connectivity index (χ3v) is 4.51. The van der Waals surface area contributed by atoms with Crippen LogP contribution in [-0.2, 0) is 0 Å². The number of nitrogens with zero attached hydrogens (tertiary/aromatic N) is 5. The fourth-order valence-corrected chi connectivity index (χ4v) is 3.18. The first-order valence-corrected chi connectivity index (χ1v) is 9.31. The predicted octanol–water partition coefficient (Wildman–Crippen LogP) is 3.77. The molecule has 0 radical (unpaired) electrons. The van der Waals surface area contributed by atoms with Gasteiger partial charge in [0.25, 0.3) is 0 Å². The van der Waals surface area contributed by atoms with Gasteiger partial charge in [-0.2, -0.15) is 10.2 Å². The molecule has 2 aromatic heterocycles. The summed E-state index contributed by atoms with van der Waals surface area (Å²) in [6.07, 6.45) is 0. The summed E-state index contributed by atoms with van der Waals surface area (Å²) < 4.78 is 18.2. The summed E-state index contributed by atoms with van der Waals surface area (Å²) in [4.78, 5) is 13.6. The standard InChI is InChI=1S/C22H19N5O3/c1-4-30-15-11-9-14(10-12-15)20-24-16(13-23)19-21(26-20)27(22(25-19)29-3)17-7-5-6-8-18(17)28-2/h5-12H,4H2,1-3H3. The molecule has 2 aromatic carbocycles. The van der Waals surface area contributed by atoms with E-state index >= 15 is 0 Å². The van der Waals surface area contributed by atoms with Crippen molar-refractivity contribution in [3.8, 4) is 40.7 Å². The summed E-state index contributed by atoms with van der Waals surface area (Å²) in [7, 11) is 3.10. The molecule has 0 aliphatic carbocycles. The lowest BCUT2D eigenvalue weighted by molar-refractivity contribution is 0.340. The number of rotatable bonds is 6. The lowest BCUT2D eigenvalue weighted by Gasteiger charge is -2.12. The molecule has 150 valence electrons. The number of para-hydroxylation sites is 2. The van der Waals surface area contributed by atoms with E-state index in [1.165, 1.54) is 7.11 Å². The van der Waals surface area contributed by atoms with Gasteiger partial charge in [-0.05, 0) is 43.3 Å². The minimum atomic E-state index is 0.163. The molecular weight excluding hydrogens is 382 g/mol. The summed E-state index contributed by atoms with van der Waals surface area (Å²) in [5.74, 6) is 1.78. The van der Waals surface area contributed by atoms with Gasteiger partial charge in [0.2, 0.25) is 0 Å². The Balaban J connectivity index is 1.97.